The molecule has 3 N–H and O–H groups in total. The predicted molar refractivity (Wildman–Crippen MR) is 117 cm³/mol. The molecule has 150 valence electrons. The minimum Gasteiger partial charge on any atom is -0.497 e. The molecule has 0 fully saturated rings. The maximum Gasteiger partial charge on any atom is 0.253 e. The first-order valence-corrected chi connectivity index (χ1v) is 9.51. The third kappa shape index (κ3) is 6.31. The van der Waals surface area contributed by atoms with Crippen LogP contribution in [0.5, 0.6) is 11.5 Å². The number of hydrogen-bond donors (Lipinski definition) is 3. The van der Waals surface area contributed by atoms with E-state index in [1.807, 2.05) is 12.1 Å². The topological polar surface area (TPSA) is 71.6 Å². The number of rotatable bonds is 6. The first kappa shape index (κ1) is 22.4. The second kappa shape index (κ2) is 10.0. The van der Waals surface area contributed by atoms with E-state index in [-0.39, 0.29) is 5.11 Å². The molecule has 0 spiro atoms. The van der Waals surface area contributed by atoms with E-state index in [2.05, 4.69) is 16.0 Å². The summed E-state index contributed by atoms with van der Waals surface area (Å²) in [7, 11) is 3.04. The van der Waals surface area contributed by atoms with Gasteiger partial charge in [0, 0.05) is 5.56 Å². The average molecular weight is 463 g/mol. The third-order valence-corrected chi connectivity index (χ3v) is 4.44. The lowest BCUT2D eigenvalue weighted by atomic mass is 10.2. The van der Waals surface area contributed by atoms with Crippen LogP contribution in [0.2, 0.25) is 0 Å². The fourth-order valence-corrected chi connectivity index (χ4v) is 2.77. The van der Waals surface area contributed by atoms with Crippen LogP contribution in [0.3, 0.4) is 0 Å². The Morgan fingerprint density at radius 2 is 1.75 bits per heavy atom. The number of amides is 1. The van der Waals surface area contributed by atoms with Crippen LogP contribution in [0.25, 0.3) is 0 Å². The van der Waals surface area contributed by atoms with E-state index in [1.54, 1.807) is 36.4 Å². The van der Waals surface area contributed by atoms with E-state index in [9.17, 15) is 4.79 Å². The second-order valence-electron chi connectivity index (χ2n) is 5.48. The molecule has 2 aromatic rings. The smallest absolute Gasteiger partial charge is 0.253 e. The molecule has 0 radical (unpaired) electrons. The lowest BCUT2D eigenvalue weighted by molar-refractivity contribution is 0.0934. The van der Waals surface area contributed by atoms with Crippen molar-refractivity contribution >= 4 is 63.7 Å². The molecule has 6 nitrogen and oxygen atoms in total. The molecule has 0 aliphatic carbocycles. The number of anilines is 1. The Hall–Kier alpha value is -1.93. The fraction of sp³-hybridized carbons (Fsp3) is 0.222. The number of para-hydroxylation sites is 2. The van der Waals surface area contributed by atoms with Crippen molar-refractivity contribution in [2.24, 2.45) is 0 Å². The molecule has 2 aromatic carbocycles. The van der Waals surface area contributed by atoms with Gasteiger partial charge in [0.15, 0.2) is 5.11 Å². The molecule has 0 saturated heterocycles. The van der Waals surface area contributed by atoms with Crippen LogP contribution in [0, 0.1) is 0 Å². The van der Waals surface area contributed by atoms with Crippen molar-refractivity contribution in [2.75, 3.05) is 19.5 Å². The Bertz CT molecular complexity index is 846. The SMILES string of the molecule is COc1cccc(C(=O)N[C@H](NC(=S)Nc2ccccc2OC)C(Cl)(Cl)Cl)c1. The quantitative estimate of drug-likeness (QED) is 0.341. The predicted octanol–water partition coefficient (Wildman–Crippen LogP) is 4.12. The van der Waals surface area contributed by atoms with Crippen LogP contribution in [0.1, 0.15) is 10.4 Å². The van der Waals surface area contributed by atoms with Crippen molar-refractivity contribution < 1.29 is 14.3 Å². The molecular weight excluding hydrogens is 445 g/mol. The van der Waals surface area contributed by atoms with Crippen molar-refractivity contribution in [1.29, 1.82) is 0 Å². The van der Waals surface area contributed by atoms with Crippen molar-refractivity contribution in [2.45, 2.75) is 9.96 Å². The van der Waals surface area contributed by atoms with Gasteiger partial charge in [0.1, 0.15) is 17.7 Å². The van der Waals surface area contributed by atoms with E-state index in [1.165, 1.54) is 14.2 Å². The summed E-state index contributed by atoms with van der Waals surface area (Å²) in [4.78, 5) is 12.5. The number of carbonyl (C=O) groups excluding carboxylic acids is 1. The van der Waals surface area contributed by atoms with Crippen molar-refractivity contribution in [1.82, 2.24) is 10.6 Å². The summed E-state index contributed by atoms with van der Waals surface area (Å²) < 4.78 is 8.49. The van der Waals surface area contributed by atoms with Crippen molar-refractivity contribution in [3.63, 3.8) is 0 Å². The third-order valence-electron chi connectivity index (χ3n) is 3.57. The molecule has 0 aliphatic heterocycles. The first-order chi connectivity index (χ1) is 13.2. The van der Waals surface area contributed by atoms with Gasteiger partial charge in [0.05, 0.1) is 19.9 Å². The van der Waals surface area contributed by atoms with Gasteiger partial charge in [-0.2, -0.15) is 0 Å². The number of ether oxygens (including phenoxy) is 2. The maximum atomic E-state index is 12.5. The highest BCUT2D eigenvalue weighted by atomic mass is 35.6. The number of thiocarbonyl (C=S) groups is 1. The van der Waals surface area contributed by atoms with E-state index in [4.69, 9.17) is 56.5 Å². The summed E-state index contributed by atoms with van der Waals surface area (Å²) in [5.74, 6) is 0.639. The Morgan fingerprint density at radius 3 is 2.39 bits per heavy atom. The second-order valence-corrected chi connectivity index (χ2v) is 8.26. The molecular formula is C18H18Cl3N3O3S. The zero-order valence-corrected chi connectivity index (χ0v) is 18.0. The minimum absolute atomic E-state index is 0.131. The standard InChI is InChI=1S/C18H18Cl3N3O3S/c1-26-12-7-5-6-11(10-12)15(25)23-16(18(19,20)21)24-17(28)22-13-8-3-4-9-14(13)27-2/h3-10,16H,1-2H3,(H,23,25)(H2,22,24,28)/t16-/m1/s1. The molecule has 0 saturated carbocycles. The monoisotopic (exact) mass is 461 g/mol. The molecule has 0 bridgehead atoms. The van der Waals surface area contributed by atoms with E-state index >= 15 is 0 Å². The van der Waals surface area contributed by atoms with Crippen LogP contribution in [0.4, 0.5) is 5.69 Å². The molecule has 10 heteroatoms. The number of nitrogens with one attached hydrogen (secondary N) is 3. The van der Waals surface area contributed by atoms with Gasteiger partial charge >= 0.3 is 0 Å². The number of alkyl halides is 3. The van der Waals surface area contributed by atoms with E-state index < -0.39 is 15.9 Å². The fourth-order valence-electron chi connectivity index (χ4n) is 2.22. The van der Waals surface area contributed by atoms with E-state index in [0.29, 0.717) is 22.7 Å². The molecule has 0 aromatic heterocycles. The minimum atomic E-state index is -1.87. The number of hydrogen-bond acceptors (Lipinski definition) is 4. The molecule has 1 atom stereocenters. The summed E-state index contributed by atoms with van der Waals surface area (Å²) >= 11 is 23.3. The number of halogens is 3. The highest BCUT2D eigenvalue weighted by Gasteiger charge is 2.35. The molecule has 0 heterocycles. The lowest BCUT2D eigenvalue weighted by Crippen LogP contribution is -2.56. The van der Waals surface area contributed by atoms with Gasteiger partial charge < -0.3 is 25.4 Å². The largest absolute Gasteiger partial charge is 0.497 e. The molecule has 28 heavy (non-hydrogen) atoms. The van der Waals surface area contributed by atoms with E-state index in [0.717, 1.165) is 0 Å². The van der Waals surface area contributed by atoms with Crippen LogP contribution in [-0.2, 0) is 0 Å². The van der Waals surface area contributed by atoms with Crippen LogP contribution < -0.4 is 25.4 Å². The summed E-state index contributed by atoms with van der Waals surface area (Å²) in [5, 5.41) is 8.48. The zero-order chi connectivity index (χ0) is 20.7. The van der Waals surface area contributed by atoms with Gasteiger partial charge in [-0.05, 0) is 42.5 Å². The van der Waals surface area contributed by atoms with Gasteiger partial charge in [-0.3, -0.25) is 4.79 Å². The molecule has 0 aliphatic rings. The summed E-state index contributed by atoms with van der Waals surface area (Å²) in [6, 6.07) is 13.7. The lowest BCUT2D eigenvalue weighted by Gasteiger charge is -2.28. The van der Waals surface area contributed by atoms with Crippen LogP contribution >= 0.6 is 47.0 Å². The Labute approximate surface area is 183 Å². The Morgan fingerprint density at radius 1 is 1.04 bits per heavy atom. The Balaban J connectivity index is 2.11. The number of benzene rings is 2. The zero-order valence-electron chi connectivity index (χ0n) is 15.0. The van der Waals surface area contributed by atoms with Crippen molar-refractivity contribution in [3.05, 3.63) is 54.1 Å². The van der Waals surface area contributed by atoms with Gasteiger partial charge in [-0.1, -0.05) is 53.0 Å². The highest BCUT2D eigenvalue weighted by molar-refractivity contribution is 7.80. The van der Waals surface area contributed by atoms with Crippen LogP contribution in [0.15, 0.2) is 48.5 Å². The summed E-state index contributed by atoms with van der Waals surface area (Å²) in [5.41, 5.74) is 0.952. The summed E-state index contributed by atoms with van der Waals surface area (Å²) in [6.07, 6.45) is -1.11. The van der Waals surface area contributed by atoms with Gasteiger partial charge in [-0.15, -0.1) is 0 Å². The number of methoxy groups -OCH3 is 2. The Kier molecular flexibility index (Phi) is 8.00. The molecule has 1 amide bonds. The molecule has 0 unspecified atom stereocenters. The van der Waals surface area contributed by atoms with Crippen molar-refractivity contribution in [3.8, 4) is 11.5 Å². The van der Waals surface area contributed by atoms with Gasteiger partial charge in [0.2, 0.25) is 3.79 Å². The van der Waals surface area contributed by atoms with Crippen LogP contribution in [-0.4, -0.2) is 35.2 Å². The maximum absolute atomic E-state index is 12.5. The molecule has 2 rings (SSSR count). The average Bonchev–Trinajstić information content (AvgIpc) is 2.67. The highest BCUT2D eigenvalue weighted by Crippen LogP contribution is 2.30. The first-order valence-electron chi connectivity index (χ1n) is 7.96. The number of carbonyl (C=O) groups is 1. The van der Waals surface area contributed by atoms with Gasteiger partial charge in [-0.25, -0.2) is 0 Å². The van der Waals surface area contributed by atoms with Gasteiger partial charge in [0.25, 0.3) is 5.91 Å². The normalized spacial score (nSPS) is 11.9. The summed E-state index contributed by atoms with van der Waals surface area (Å²) in [6.45, 7) is 0.